The van der Waals surface area contributed by atoms with Gasteiger partial charge in [0, 0.05) is 24.4 Å². The molecule has 3 unspecified atom stereocenters. The summed E-state index contributed by atoms with van der Waals surface area (Å²) in [6, 6.07) is 28.4. The smallest absolute Gasteiger partial charge is 0.286 e. The third-order valence-corrected chi connectivity index (χ3v) is 13.2. The standard InChI is InChI=1S/C23H24N4O4S.C22H19N3O5S/c1-15(24-2)17-8-10-19-21(14-17)32(29,30)27-22(26-19)20(28)11-9-18(23-25-12-13-31-23)16-6-4-3-5-7-16;1-14(26)16-7-9-18-20(13-16)31(28,29)25-21(24-18)19(27)10-8-17(22-23-11-12-30-22)15-5-3-2-4-6-15/h3-8,10,12-15,18,24H,9,11H2,1-2H3,(H,26,27);2-7,9,11-13,17H,8,10H2,1H3,(H,24,25). The number of carbonyl (C=O) groups excluding carboxylic acids is 3. The third kappa shape index (κ3) is 10.3. The number of Topliss-reactive ketones (excluding diaryl/α,β-unsaturated/α-hetero) is 3. The van der Waals surface area contributed by atoms with Crippen LogP contribution in [0.5, 0.6) is 0 Å². The second kappa shape index (κ2) is 19.0. The van der Waals surface area contributed by atoms with Gasteiger partial charge in [0.25, 0.3) is 20.0 Å². The first-order valence-corrected chi connectivity index (χ1v) is 22.8. The fourth-order valence-electron chi connectivity index (χ4n) is 7.07. The highest BCUT2D eigenvalue weighted by atomic mass is 32.2. The van der Waals surface area contributed by atoms with E-state index in [1.807, 2.05) is 73.7 Å². The van der Waals surface area contributed by atoms with E-state index < -0.39 is 25.8 Å². The Balaban J connectivity index is 0.000000189. The molecule has 4 aromatic carbocycles. The van der Waals surface area contributed by atoms with E-state index in [0.717, 1.165) is 16.7 Å². The van der Waals surface area contributed by atoms with Crippen LogP contribution in [-0.2, 0) is 29.6 Å². The van der Waals surface area contributed by atoms with Crippen molar-refractivity contribution in [2.45, 2.75) is 67.2 Å². The lowest BCUT2D eigenvalue weighted by molar-refractivity contribution is -0.113. The SMILES string of the molecule is CC(=O)c1ccc2c(c1)S(=O)(=O)N=C(C(=O)CCC(c1ccccc1)c1ncco1)N2.CNC(C)c1ccc2c(c1)S(=O)(=O)N=C(C(=O)CCC(c1ccccc1)c1ncco1)N2. The lowest BCUT2D eigenvalue weighted by Crippen LogP contribution is -2.29. The van der Waals surface area contributed by atoms with Gasteiger partial charge in [-0.05, 0) is 80.8 Å². The number of ketones is 3. The van der Waals surface area contributed by atoms with Crippen molar-refractivity contribution in [2.24, 2.45) is 8.80 Å². The van der Waals surface area contributed by atoms with Gasteiger partial charge in [0.2, 0.25) is 11.8 Å². The third-order valence-electron chi connectivity index (χ3n) is 10.6. The molecule has 2 aliphatic rings. The molecule has 16 nitrogen and oxygen atoms in total. The van der Waals surface area contributed by atoms with E-state index in [2.05, 4.69) is 34.7 Å². The minimum atomic E-state index is -4.10. The number of rotatable bonds is 15. The van der Waals surface area contributed by atoms with Crippen molar-refractivity contribution >= 4 is 60.4 Å². The fourth-order valence-corrected chi connectivity index (χ4v) is 9.39. The number of carbonyl (C=O) groups is 3. The van der Waals surface area contributed by atoms with Gasteiger partial charge in [-0.1, -0.05) is 66.7 Å². The summed E-state index contributed by atoms with van der Waals surface area (Å²) in [5.41, 5.74) is 3.54. The van der Waals surface area contributed by atoms with E-state index in [0.29, 0.717) is 30.3 Å². The van der Waals surface area contributed by atoms with Gasteiger partial charge in [-0.25, -0.2) is 9.97 Å². The first-order valence-electron chi connectivity index (χ1n) is 19.9. The van der Waals surface area contributed by atoms with Crippen LogP contribution in [0.4, 0.5) is 11.4 Å². The number of oxazole rings is 2. The number of hydrogen-bond donors (Lipinski definition) is 3. The summed E-state index contributed by atoms with van der Waals surface area (Å²) in [5.74, 6) is -1.02. The number of fused-ring (bicyclic) bond motifs is 2. The molecule has 324 valence electrons. The summed E-state index contributed by atoms with van der Waals surface area (Å²) < 4.78 is 69.1. The minimum Gasteiger partial charge on any atom is -0.448 e. The first-order chi connectivity index (χ1) is 30.2. The Kier molecular flexibility index (Phi) is 13.3. The van der Waals surface area contributed by atoms with E-state index in [-0.39, 0.29) is 75.0 Å². The number of sulfonamides is 2. The van der Waals surface area contributed by atoms with Gasteiger partial charge >= 0.3 is 0 Å². The molecule has 0 aliphatic carbocycles. The van der Waals surface area contributed by atoms with Crippen LogP contribution in [0.15, 0.2) is 149 Å². The maximum absolute atomic E-state index is 12.9. The Bertz CT molecular complexity index is 2900. The summed E-state index contributed by atoms with van der Waals surface area (Å²) in [6.45, 7) is 3.28. The van der Waals surface area contributed by atoms with Crippen molar-refractivity contribution in [1.82, 2.24) is 15.3 Å². The second-order valence-electron chi connectivity index (χ2n) is 14.7. The lowest BCUT2D eigenvalue weighted by Gasteiger charge is -2.20. The van der Waals surface area contributed by atoms with Crippen LogP contribution in [0, 0.1) is 0 Å². The van der Waals surface area contributed by atoms with Crippen LogP contribution in [0.2, 0.25) is 0 Å². The average molecular weight is 890 g/mol. The predicted octanol–water partition coefficient (Wildman–Crippen LogP) is 7.22. The van der Waals surface area contributed by atoms with Crippen LogP contribution in [0.25, 0.3) is 0 Å². The molecule has 0 saturated heterocycles. The molecule has 0 amide bonds. The Morgan fingerprint density at radius 3 is 1.52 bits per heavy atom. The number of benzene rings is 4. The van der Waals surface area contributed by atoms with E-state index >= 15 is 0 Å². The molecule has 0 radical (unpaired) electrons. The molecule has 0 saturated carbocycles. The number of hydrogen-bond acceptors (Lipinski definition) is 14. The van der Waals surface area contributed by atoms with Gasteiger partial charge in [-0.2, -0.15) is 16.8 Å². The number of amidine groups is 2. The van der Waals surface area contributed by atoms with Crippen molar-refractivity contribution < 1.29 is 40.1 Å². The van der Waals surface area contributed by atoms with Crippen LogP contribution < -0.4 is 16.0 Å². The Morgan fingerprint density at radius 2 is 1.10 bits per heavy atom. The maximum Gasteiger partial charge on any atom is 0.286 e. The quantitative estimate of drug-likeness (QED) is 0.0865. The van der Waals surface area contributed by atoms with Gasteiger partial charge in [-0.15, -0.1) is 8.80 Å². The van der Waals surface area contributed by atoms with Gasteiger partial charge in [0.1, 0.15) is 22.3 Å². The van der Waals surface area contributed by atoms with Crippen molar-refractivity contribution in [3.05, 3.63) is 156 Å². The largest absolute Gasteiger partial charge is 0.448 e. The second-order valence-corrected chi connectivity index (χ2v) is 17.8. The fraction of sp³-hybridized carbons (Fsp3) is 0.222. The van der Waals surface area contributed by atoms with Gasteiger partial charge in [0.15, 0.2) is 29.0 Å². The molecule has 2 aromatic heterocycles. The summed E-state index contributed by atoms with van der Waals surface area (Å²) in [5, 5.41) is 8.76. The zero-order chi connectivity index (χ0) is 44.7. The molecule has 8 rings (SSSR count). The van der Waals surface area contributed by atoms with Crippen molar-refractivity contribution in [3.63, 3.8) is 0 Å². The van der Waals surface area contributed by atoms with Crippen molar-refractivity contribution in [2.75, 3.05) is 17.7 Å². The molecular weight excluding hydrogens is 847 g/mol. The molecular formula is C45H43N7O9S2. The van der Waals surface area contributed by atoms with Crippen LogP contribution in [0.1, 0.15) is 96.2 Å². The molecule has 2 aliphatic heterocycles. The monoisotopic (exact) mass is 889 g/mol. The summed E-state index contributed by atoms with van der Waals surface area (Å²) in [6.07, 6.45) is 6.93. The van der Waals surface area contributed by atoms with Crippen molar-refractivity contribution in [3.8, 4) is 0 Å². The molecule has 3 atom stereocenters. The van der Waals surface area contributed by atoms with Crippen LogP contribution >= 0.6 is 0 Å². The number of nitrogens with one attached hydrogen (secondary N) is 3. The Labute approximate surface area is 364 Å². The molecule has 3 N–H and O–H groups in total. The molecule has 4 heterocycles. The number of nitrogens with zero attached hydrogens (tertiary/aromatic N) is 4. The topological polar surface area (TPSA) is 232 Å². The molecule has 6 aromatic rings. The molecule has 0 bridgehead atoms. The van der Waals surface area contributed by atoms with Crippen molar-refractivity contribution in [1.29, 1.82) is 0 Å². The highest BCUT2D eigenvalue weighted by Crippen LogP contribution is 2.34. The van der Waals surface area contributed by atoms with Crippen LogP contribution in [0.3, 0.4) is 0 Å². The number of aromatic nitrogens is 2. The van der Waals surface area contributed by atoms with Crippen LogP contribution in [-0.4, -0.2) is 62.9 Å². The van der Waals surface area contributed by atoms with E-state index in [1.54, 1.807) is 31.6 Å². The lowest BCUT2D eigenvalue weighted by atomic mass is 9.93. The van der Waals surface area contributed by atoms with Gasteiger partial charge in [0.05, 0.1) is 35.6 Å². The highest BCUT2D eigenvalue weighted by molar-refractivity contribution is 7.91. The van der Waals surface area contributed by atoms with Gasteiger partial charge < -0.3 is 24.8 Å². The highest BCUT2D eigenvalue weighted by Gasteiger charge is 2.31. The molecule has 18 heteroatoms. The van der Waals surface area contributed by atoms with E-state index in [9.17, 15) is 31.2 Å². The normalized spacial score (nSPS) is 15.9. The minimum absolute atomic E-state index is 0.0207. The van der Waals surface area contributed by atoms with Gasteiger partial charge in [-0.3, -0.25) is 14.4 Å². The first kappa shape index (κ1) is 44.2. The molecule has 0 fully saturated rings. The zero-order valence-corrected chi connectivity index (χ0v) is 36.0. The summed E-state index contributed by atoms with van der Waals surface area (Å²) >= 11 is 0. The zero-order valence-electron chi connectivity index (χ0n) is 34.4. The molecule has 63 heavy (non-hydrogen) atoms. The summed E-state index contributed by atoms with van der Waals surface area (Å²) in [4.78, 5) is 45.7. The maximum atomic E-state index is 12.9. The predicted molar refractivity (Wildman–Crippen MR) is 235 cm³/mol. The number of anilines is 2. The Morgan fingerprint density at radius 1 is 0.635 bits per heavy atom. The molecule has 0 spiro atoms. The van der Waals surface area contributed by atoms with E-state index in [4.69, 9.17) is 8.83 Å². The average Bonchev–Trinajstić information content (AvgIpc) is 4.03. The summed E-state index contributed by atoms with van der Waals surface area (Å²) in [7, 11) is -6.29. The van der Waals surface area contributed by atoms with E-state index in [1.165, 1.54) is 37.6 Å². The Hall–Kier alpha value is -6.89.